The highest BCUT2D eigenvalue weighted by Gasteiger charge is 2.51. The van der Waals surface area contributed by atoms with Crippen molar-refractivity contribution in [3.8, 4) is 0 Å². The highest BCUT2D eigenvalue weighted by molar-refractivity contribution is 5.65. The van der Waals surface area contributed by atoms with Crippen molar-refractivity contribution in [3.05, 3.63) is 0 Å². The normalized spacial score (nSPS) is 35.4. The van der Waals surface area contributed by atoms with E-state index < -0.39 is 6.09 Å². The van der Waals surface area contributed by atoms with Crippen molar-refractivity contribution in [2.24, 2.45) is 5.41 Å². The van der Waals surface area contributed by atoms with Crippen molar-refractivity contribution in [2.45, 2.75) is 57.2 Å². The van der Waals surface area contributed by atoms with Gasteiger partial charge in [-0.05, 0) is 57.2 Å². The second-order valence-electron chi connectivity index (χ2n) is 8.31. The maximum absolute atomic E-state index is 11.1. The summed E-state index contributed by atoms with van der Waals surface area (Å²) in [4.78, 5) is 18.1. The first-order valence-electron chi connectivity index (χ1n) is 9.66. The molecule has 4 rings (SSSR count). The fourth-order valence-electron chi connectivity index (χ4n) is 5.44. The quantitative estimate of drug-likeness (QED) is 0.846. The minimum absolute atomic E-state index is 0.304. The maximum atomic E-state index is 11.1. The van der Waals surface area contributed by atoms with Crippen LogP contribution >= 0.6 is 0 Å². The van der Waals surface area contributed by atoms with Crippen molar-refractivity contribution in [1.29, 1.82) is 0 Å². The van der Waals surface area contributed by atoms with Gasteiger partial charge < -0.3 is 19.6 Å². The van der Waals surface area contributed by atoms with Crippen molar-refractivity contribution >= 4 is 6.09 Å². The molecule has 0 unspecified atom stereocenters. The molecule has 1 aliphatic carbocycles. The molecule has 1 spiro atoms. The fourth-order valence-corrected chi connectivity index (χ4v) is 5.44. The van der Waals surface area contributed by atoms with E-state index in [0.717, 1.165) is 45.3 Å². The number of amides is 1. The van der Waals surface area contributed by atoms with Gasteiger partial charge in [-0.25, -0.2) is 4.79 Å². The van der Waals surface area contributed by atoms with Gasteiger partial charge in [-0.2, -0.15) is 0 Å². The number of hydrogen-bond acceptors (Lipinski definition) is 4. The Morgan fingerprint density at radius 1 is 1.21 bits per heavy atom. The molecule has 3 heterocycles. The molecule has 3 aliphatic heterocycles. The van der Waals surface area contributed by atoms with Gasteiger partial charge in [-0.15, -0.1) is 0 Å². The number of rotatable bonds is 4. The molecule has 24 heavy (non-hydrogen) atoms. The van der Waals surface area contributed by atoms with Crippen LogP contribution in [0.15, 0.2) is 0 Å². The van der Waals surface area contributed by atoms with E-state index in [-0.39, 0.29) is 0 Å². The molecule has 1 saturated carbocycles. The van der Waals surface area contributed by atoms with E-state index in [1.165, 1.54) is 38.8 Å². The topological polar surface area (TPSA) is 56.2 Å². The summed E-state index contributed by atoms with van der Waals surface area (Å²) in [5.74, 6) is 0. The summed E-state index contributed by atoms with van der Waals surface area (Å²) in [6.07, 6.45) is 5.28. The molecule has 0 aromatic carbocycles. The highest BCUT2D eigenvalue weighted by atomic mass is 16.5. The van der Waals surface area contributed by atoms with Crippen molar-refractivity contribution < 1.29 is 14.6 Å². The number of hydrogen-bond donors (Lipinski definition) is 1. The Kier molecular flexibility index (Phi) is 4.47. The van der Waals surface area contributed by atoms with Crippen molar-refractivity contribution in [2.75, 3.05) is 45.9 Å². The van der Waals surface area contributed by atoms with Crippen LogP contribution in [0, 0.1) is 5.41 Å². The average Bonchev–Trinajstić information content (AvgIpc) is 2.95. The van der Waals surface area contributed by atoms with Crippen LogP contribution in [0.5, 0.6) is 0 Å². The third kappa shape index (κ3) is 2.93. The van der Waals surface area contributed by atoms with Crippen LogP contribution in [0.4, 0.5) is 4.79 Å². The van der Waals surface area contributed by atoms with Crippen molar-refractivity contribution in [1.82, 2.24) is 14.7 Å². The Hall–Kier alpha value is -0.850. The average molecular weight is 337 g/mol. The van der Waals surface area contributed by atoms with Gasteiger partial charge in [0.1, 0.15) is 0 Å². The second kappa shape index (κ2) is 6.46. The lowest BCUT2D eigenvalue weighted by Gasteiger charge is -2.53. The molecule has 0 radical (unpaired) electrons. The van der Waals surface area contributed by atoms with E-state index >= 15 is 0 Å². The van der Waals surface area contributed by atoms with Gasteiger partial charge in [-0.1, -0.05) is 6.92 Å². The summed E-state index contributed by atoms with van der Waals surface area (Å²) in [7, 11) is 0. The molecule has 0 atom stereocenters. The molecule has 6 heteroatoms. The summed E-state index contributed by atoms with van der Waals surface area (Å²) in [6.45, 7) is 9.15. The Labute approximate surface area is 144 Å². The van der Waals surface area contributed by atoms with E-state index in [9.17, 15) is 4.79 Å². The van der Waals surface area contributed by atoms with Gasteiger partial charge in [0.2, 0.25) is 0 Å². The smallest absolute Gasteiger partial charge is 0.407 e. The number of likely N-dealkylation sites (tertiary alicyclic amines) is 2. The van der Waals surface area contributed by atoms with E-state index in [0.29, 0.717) is 17.5 Å². The van der Waals surface area contributed by atoms with Crippen molar-refractivity contribution in [3.63, 3.8) is 0 Å². The van der Waals surface area contributed by atoms with Gasteiger partial charge >= 0.3 is 6.09 Å². The minimum atomic E-state index is -0.740. The molecule has 0 bridgehead atoms. The van der Waals surface area contributed by atoms with Gasteiger partial charge in [0.25, 0.3) is 0 Å². The fraction of sp³-hybridized carbons (Fsp3) is 0.944. The predicted molar refractivity (Wildman–Crippen MR) is 91.3 cm³/mol. The molecule has 1 amide bonds. The molecular formula is C18H31N3O3. The van der Waals surface area contributed by atoms with E-state index in [1.807, 2.05) is 0 Å². The molecular weight excluding hydrogens is 306 g/mol. The predicted octanol–water partition coefficient (Wildman–Crippen LogP) is 1.70. The number of ether oxygens (including phenoxy) is 1. The van der Waals surface area contributed by atoms with Gasteiger partial charge in [0, 0.05) is 25.2 Å². The zero-order valence-corrected chi connectivity index (χ0v) is 14.8. The van der Waals surface area contributed by atoms with Gasteiger partial charge in [0.15, 0.2) is 0 Å². The molecule has 4 aliphatic rings. The number of piperidine rings is 1. The molecule has 6 nitrogen and oxygen atoms in total. The lowest BCUT2D eigenvalue weighted by atomic mass is 9.64. The molecule has 136 valence electrons. The Bertz CT molecular complexity index is 468. The molecule has 0 aromatic heterocycles. The summed E-state index contributed by atoms with van der Waals surface area (Å²) >= 11 is 0. The number of nitrogens with zero attached hydrogens (tertiary/aromatic N) is 3. The molecule has 4 fully saturated rings. The van der Waals surface area contributed by atoms with E-state index in [1.54, 1.807) is 4.90 Å². The molecule has 3 saturated heterocycles. The lowest BCUT2D eigenvalue weighted by molar-refractivity contribution is -0.0902. The Morgan fingerprint density at radius 2 is 1.92 bits per heavy atom. The Balaban J connectivity index is 1.24. The minimum Gasteiger partial charge on any atom is -0.465 e. The van der Waals surface area contributed by atoms with E-state index in [4.69, 9.17) is 9.84 Å². The Morgan fingerprint density at radius 3 is 2.42 bits per heavy atom. The number of carboxylic acid groups (broad SMARTS) is 1. The van der Waals surface area contributed by atoms with Crippen LogP contribution in [0.2, 0.25) is 0 Å². The molecule has 1 N–H and O–H groups in total. The number of carbonyl (C=O) groups is 1. The summed E-state index contributed by atoms with van der Waals surface area (Å²) in [5.41, 5.74) is 0.304. The zero-order chi connectivity index (χ0) is 16.7. The van der Waals surface area contributed by atoms with Gasteiger partial charge in [-0.3, -0.25) is 4.90 Å². The zero-order valence-electron chi connectivity index (χ0n) is 14.8. The summed E-state index contributed by atoms with van der Waals surface area (Å²) in [6, 6.07) is 2.07. The summed E-state index contributed by atoms with van der Waals surface area (Å²) in [5, 5.41) is 9.16. The largest absolute Gasteiger partial charge is 0.465 e. The maximum Gasteiger partial charge on any atom is 0.407 e. The van der Waals surface area contributed by atoms with Crippen LogP contribution in [0.3, 0.4) is 0 Å². The number of likely N-dealkylation sites (N-methyl/N-ethyl adjacent to an activating group) is 1. The van der Waals surface area contributed by atoms with Crippen LogP contribution in [-0.2, 0) is 4.74 Å². The third-order valence-corrected chi connectivity index (χ3v) is 6.99. The first kappa shape index (κ1) is 16.6. The van der Waals surface area contributed by atoms with Crippen LogP contribution in [0.25, 0.3) is 0 Å². The van der Waals surface area contributed by atoms with E-state index in [2.05, 4.69) is 16.7 Å². The second-order valence-corrected chi connectivity index (χ2v) is 8.31. The third-order valence-electron chi connectivity index (χ3n) is 6.99. The highest BCUT2D eigenvalue weighted by Crippen LogP contribution is 2.50. The molecule has 0 aromatic rings. The van der Waals surface area contributed by atoms with Crippen LogP contribution < -0.4 is 0 Å². The first-order valence-corrected chi connectivity index (χ1v) is 9.66. The lowest BCUT2D eigenvalue weighted by Crippen LogP contribution is -2.59. The van der Waals surface area contributed by atoms with Crippen LogP contribution in [-0.4, -0.2) is 90.0 Å². The summed E-state index contributed by atoms with van der Waals surface area (Å²) < 4.78 is 5.38. The first-order chi connectivity index (χ1) is 11.6. The van der Waals surface area contributed by atoms with Crippen LogP contribution in [0.1, 0.15) is 39.0 Å². The standard InChI is InChI=1S/C18H31N3O3/c1-2-21(16-11-24-12-16)14-3-6-19(7-4-14)15-9-18(10-15)5-8-20(13-18)17(22)23/h14-16H,2-13H2,1H3,(H,22,23). The monoisotopic (exact) mass is 337 g/mol. The van der Waals surface area contributed by atoms with Gasteiger partial charge in [0.05, 0.1) is 19.3 Å². The SMILES string of the molecule is CCN(C1CCN(C2CC3(CCN(C(=O)O)C3)C2)CC1)C1COC1.